The van der Waals surface area contributed by atoms with Crippen molar-refractivity contribution in [3.63, 3.8) is 0 Å². The van der Waals surface area contributed by atoms with Gasteiger partial charge >= 0.3 is 0 Å². The summed E-state index contributed by atoms with van der Waals surface area (Å²) in [6.07, 6.45) is 1.27. The van der Waals surface area contributed by atoms with Gasteiger partial charge in [0.1, 0.15) is 0 Å². The Balaban J connectivity index is 2.49. The molecule has 0 bridgehead atoms. The van der Waals surface area contributed by atoms with Crippen molar-refractivity contribution in [2.75, 3.05) is 39.0 Å². The molecule has 0 aliphatic carbocycles. The van der Waals surface area contributed by atoms with Gasteiger partial charge in [-0.25, -0.2) is 8.42 Å². The van der Waals surface area contributed by atoms with Crippen molar-refractivity contribution < 1.29 is 8.42 Å². The SMILES string of the molecule is CC(CN)C(C)N1CCN(S(C)(=O)=O)CC1. The minimum atomic E-state index is -3.02. The number of nitrogens with two attached hydrogens (primary N) is 1. The van der Waals surface area contributed by atoms with Crippen LogP contribution in [0.25, 0.3) is 0 Å². The molecule has 0 amide bonds. The second kappa shape index (κ2) is 5.44. The van der Waals surface area contributed by atoms with E-state index in [1.165, 1.54) is 6.26 Å². The highest BCUT2D eigenvalue weighted by atomic mass is 32.2. The fourth-order valence-corrected chi connectivity index (χ4v) is 2.83. The summed E-state index contributed by atoms with van der Waals surface area (Å²) in [6, 6.07) is 0.423. The predicted octanol–water partition coefficient (Wildman–Crippen LogP) is -0.453. The Morgan fingerprint density at radius 2 is 1.69 bits per heavy atom. The summed E-state index contributed by atoms with van der Waals surface area (Å²) in [4.78, 5) is 2.32. The van der Waals surface area contributed by atoms with Gasteiger partial charge < -0.3 is 5.73 Å². The summed E-state index contributed by atoms with van der Waals surface area (Å²) in [5, 5.41) is 0. The lowest BCUT2D eigenvalue weighted by atomic mass is 10.0. The molecule has 1 aliphatic rings. The zero-order chi connectivity index (χ0) is 12.3. The van der Waals surface area contributed by atoms with E-state index in [2.05, 4.69) is 18.7 Å². The second-order valence-corrected chi connectivity index (χ2v) is 6.63. The van der Waals surface area contributed by atoms with Crippen LogP contribution in [0.15, 0.2) is 0 Å². The fourth-order valence-electron chi connectivity index (χ4n) is 2.00. The Kier molecular flexibility index (Phi) is 4.73. The second-order valence-electron chi connectivity index (χ2n) is 4.65. The van der Waals surface area contributed by atoms with E-state index in [1.54, 1.807) is 4.31 Å². The first-order valence-corrected chi connectivity index (χ1v) is 7.60. The lowest BCUT2D eigenvalue weighted by Crippen LogP contribution is -2.53. The van der Waals surface area contributed by atoms with Crippen LogP contribution in [0.2, 0.25) is 0 Å². The van der Waals surface area contributed by atoms with Crippen LogP contribution in [-0.4, -0.2) is 62.6 Å². The van der Waals surface area contributed by atoms with Crippen molar-refractivity contribution in [2.45, 2.75) is 19.9 Å². The van der Waals surface area contributed by atoms with Crippen LogP contribution in [0.5, 0.6) is 0 Å². The first-order valence-electron chi connectivity index (χ1n) is 5.75. The van der Waals surface area contributed by atoms with Gasteiger partial charge in [-0.05, 0) is 19.4 Å². The summed E-state index contributed by atoms with van der Waals surface area (Å²) in [5.74, 6) is 0.449. The highest BCUT2D eigenvalue weighted by Crippen LogP contribution is 2.14. The molecule has 96 valence electrons. The maximum absolute atomic E-state index is 11.3. The maximum Gasteiger partial charge on any atom is 0.211 e. The summed E-state index contributed by atoms with van der Waals surface area (Å²) < 4.78 is 24.2. The van der Waals surface area contributed by atoms with Crippen LogP contribution < -0.4 is 5.73 Å². The number of hydrogen-bond donors (Lipinski definition) is 1. The van der Waals surface area contributed by atoms with Crippen molar-refractivity contribution in [2.24, 2.45) is 11.7 Å². The Labute approximate surface area is 98.6 Å². The fraction of sp³-hybridized carbons (Fsp3) is 1.00. The standard InChI is InChI=1S/C10H23N3O2S/c1-9(8-11)10(2)12-4-6-13(7-5-12)16(3,14)15/h9-10H,4-8,11H2,1-3H3. The van der Waals surface area contributed by atoms with E-state index in [4.69, 9.17) is 5.73 Å². The molecule has 0 aromatic rings. The van der Waals surface area contributed by atoms with Crippen LogP contribution in [0.4, 0.5) is 0 Å². The highest BCUT2D eigenvalue weighted by Gasteiger charge is 2.27. The first-order chi connectivity index (χ1) is 7.36. The number of hydrogen-bond acceptors (Lipinski definition) is 4. The first kappa shape index (κ1) is 13.9. The van der Waals surface area contributed by atoms with E-state index in [0.717, 1.165) is 13.1 Å². The van der Waals surface area contributed by atoms with Crippen LogP contribution in [0.1, 0.15) is 13.8 Å². The molecule has 5 nitrogen and oxygen atoms in total. The van der Waals surface area contributed by atoms with Gasteiger partial charge in [0.2, 0.25) is 10.0 Å². The molecule has 16 heavy (non-hydrogen) atoms. The summed E-state index contributed by atoms with van der Waals surface area (Å²) in [6.45, 7) is 7.77. The minimum Gasteiger partial charge on any atom is -0.330 e. The largest absolute Gasteiger partial charge is 0.330 e. The third kappa shape index (κ3) is 3.41. The van der Waals surface area contributed by atoms with Gasteiger partial charge in [-0.1, -0.05) is 6.92 Å². The molecule has 2 N–H and O–H groups in total. The molecular weight excluding hydrogens is 226 g/mol. The average Bonchev–Trinajstić information content (AvgIpc) is 2.26. The molecule has 1 fully saturated rings. The molecular formula is C10H23N3O2S. The van der Waals surface area contributed by atoms with Crippen LogP contribution in [-0.2, 0) is 10.0 Å². The Hall–Kier alpha value is -0.170. The van der Waals surface area contributed by atoms with E-state index in [9.17, 15) is 8.42 Å². The van der Waals surface area contributed by atoms with E-state index in [1.807, 2.05) is 0 Å². The minimum absolute atomic E-state index is 0.423. The highest BCUT2D eigenvalue weighted by molar-refractivity contribution is 7.88. The Bertz CT molecular complexity index is 310. The lowest BCUT2D eigenvalue weighted by molar-refractivity contribution is 0.116. The molecule has 6 heteroatoms. The van der Waals surface area contributed by atoms with Gasteiger partial charge in [-0.15, -0.1) is 0 Å². The number of rotatable bonds is 4. The van der Waals surface area contributed by atoms with Gasteiger partial charge in [0.05, 0.1) is 6.26 Å². The van der Waals surface area contributed by atoms with Crippen molar-refractivity contribution >= 4 is 10.0 Å². The molecule has 0 spiro atoms. The van der Waals surface area contributed by atoms with Crippen molar-refractivity contribution in [3.8, 4) is 0 Å². The monoisotopic (exact) mass is 249 g/mol. The summed E-state index contributed by atoms with van der Waals surface area (Å²) in [5.41, 5.74) is 5.64. The van der Waals surface area contributed by atoms with Crippen LogP contribution >= 0.6 is 0 Å². The molecule has 2 atom stereocenters. The van der Waals surface area contributed by atoms with Gasteiger partial charge in [-0.3, -0.25) is 4.90 Å². The summed E-state index contributed by atoms with van der Waals surface area (Å²) in [7, 11) is -3.02. The zero-order valence-corrected chi connectivity index (χ0v) is 11.2. The molecule has 0 aromatic heterocycles. The predicted molar refractivity (Wildman–Crippen MR) is 65.7 cm³/mol. The molecule has 0 aromatic carbocycles. The molecule has 2 unspecified atom stereocenters. The van der Waals surface area contributed by atoms with Crippen molar-refractivity contribution in [1.29, 1.82) is 0 Å². The van der Waals surface area contributed by atoms with Crippen molar-refractivity contribution in [3.05, 3.63) is 0 Å². The smallest absolute Gasteiger partial charge is 0.211 e. The molecule has 1 saturated heterocycles. The van der Waals surface area contributed by atoms with Gasteiger partial charge in [-0.2, -0.15) is 4.31 Å². The molecule has 1 heterocycles. The quantitative estimate of drug-likeness (QED) is 0.732. The van der Waals surface area contributed by atoms with E-state index in [-0.39, 0.29) is 0 Å². The van der Waals surface area contributed by atoms with E-state index in [0.29, 0.717) is 31.6 Å². The van der Waals surface area contributed by atoms with Crippen molar-refractivity contribution in [1.82, 2.24) is 9.21 Å². The molecule has 0 radical (unpaired) electrons. The molecule has 0 saturated carbocycles. The Morgan fingerprint density at radius 1 is 1.19 bits per heavy atom. The maximum atomic E-state index is 11.3. The van der Waals surface area contributed by atoms with Gasteiger partial charge in [0, 0.05) is 32.2 Å². The zero-order valence-electron chi connectivity index (χ0n) is 10.4. The van der Waals surface area contributed by atoms with E-state index < -0.39 is 10.0 Å². The van der Waals surface area contributed by atoms with Crippen LogP contribution in [0, 0.1) is 5.92 Å². The summed E-state index contributed by atoms with van der Waals surface area (Å²) >= 11 is 0. The lowest BCUT2D eigenvalue weighted by Gasteiger charge is -2.39. The molecule has 1 aliphatic heterocycles. The number of piperazine rings is 1. The number of sulfonamides is 1. The van der Waals surface area contributed by atoms with Gasteiger partial charge in [0.15, 0.2) is 0 Å². The number of nitrogens with zero attached hydrogens (tertiary/aromatic N) is 2. The Morgan fingerprint density at radius 3 is 2.06 bits per heavy atom. The normalized spacial score (nSPS) is 24.2. The van der Waals surface area contributed by atoms with Crippen LogP contribution in [0.3, 0.4) is 0 Å². The average molecular weight is 249 g/mol. The molecule has 1 rings (SSSR count). The third-order valence-electron chi connectivity index (χ3n) is 3.51. The topological polar surface area (TPSA) is 66.6 Å². The van der Waals surface area contributed by atoms with E-state index >= 15 is 0 Å². The van der Waals surface area contributed by atoms with Gasteiger partial charge in [0.25, 0.3) is 0 Å². The third-order valence-corrected chi connectivity index (χ3v) is 4.82.